The zero-order valence-corrected chi connectivity index (χ0v) is 16.1. The van der Waals surface area contributed by atoms with Crippen LogP contribution in [0.2, 0.25) is 0 Å². The molecule has 146 valence electrons. The Kier molecular flexibility index (Phi) is 4.23. The van der Waals surface area contributed by atoms with Crippen LogP contribution in [0.15, 0.2) is 42.6 Å². The Morgan fingerprint density at radius 3 is 2.64 bits per heavy atom. The SMILES string of the molecule is COc1ccccc1[C@H]1CN(C(=O)c2ccc(N)nc2)[C@@H]2C3CCN(CC3)[C@H]12. The highest BCUT2D eigenvalue weighted by Gasteiger charge is 2.55. The van der Waals surface area contributed by atoms with Gasteiger partial charge in [-0.3, -0.25) is 9.69 Å². The summed E-state index contributed by atoms with van der Waals surface area (Å²) >= 11 is 0. The van der Waals surface area contributed by atoms with Gasteiger partial charge in [-0.05, 0) is 50.0 Å². The molecule has 4 aliphatic heterocycles. The zero-order chi connectivity index (χ0) is 19.3. The molecule has 6 nitrogen and oxygen atoms in total. The van der Waals surface area contributed by atoms with Gasteiger partial charge in [0.1, 0.15) is 11.6 Å². The number of ether oxygens (including phenoxy) is 1. The van der Waals surface area contributed by atoms with Crippen molar-refractivity contribution >= 4 is 11.7 Å². The van der Waals surface area contributed by atoms with Gasteiger partial charge in [-0.2, -0.15) is 0 Å². The van der Waals surface area contributed by atoms with Crippen molar-refractivity contribution in [3.63, 3.8) is 0 Å². The van der Waals surface area contributed by atoms with E-state index in [-0.39, 0.29) is 17.9 Å². The van der Waals surface area contributed by atoms with Gasteiger partial charge >= 0.3 is 0 Å². The average Bonchev–Trinajstić information content (AvgIpc) is 3.17. The number of nitrogen functional groups attached to an aromatic ring is 1. The number of piperidine rings is 3. The number of nitrogens with zero attached hydrogens (tertiary/aromatic N) is 3. The van der Waals surface area contributed by atoms with Crippen LogP contribution >= 0.6 is 0 Å². The summed E-state index contributed by atoms with van der Waals surface area (Å²) in [6, 6.07) is 12.4. The number of pyridine rings is 1. The summed E-state index contributed by atoms with van der Waals surface area (Å²) in [5.41, 5.74) is 7.53. The van der Waals surface area contributed by atoms with Crippen LogP contribution in [0, 0.1) is 5.92 Å². The molecule has 2 bridgehead atoms. The van der Waals surface area contributed by atoms with Crippen molar-refractivity contribution in [3.05, 3.63) is 53.7 Å². The van der Waals surface area contributed by atoms with E-state index in [1.165, 1.54) is 18.4 Å². The first-order chi connectivity index (χ1) is 13.7. The fourth-order valence-corrected chi connectivity index (χ4v) is 5.60. The molecule has 4 fully saturated rings. The fourth-order valence-electron chi connectivity index (χ4n) is 5.60. The predicted octanol–water partition coefficient (Wildman–Crippen LogP) is 2.37. The number of fused-ring (bicyclic) bond motifs is 2. The maximum Gasteiger partial charge on any atom is 0.255 e. The summed E-state index contributed by atoms with van der Waals surface area (Å²) in [6.07, 6.45) is 3.94. The third kappa shape index (κ3) is 2.66. The summed E-state index contributed by atoms with van der Waals surface area (Å²) in [7, 11) is 1.72. The number of likely N-dealkylation sites (tertiary alicyclic amines) is 1. The van der Waals surface area contributed by atoms with Crippen LogP contribution in [0.25, 0.3) is 0 Å². The molecular weight excluding hydrogens is 352 g/mol. The van der Waals surface area contributed by atoms with Crippen LogP contribution in [0.3, 0.4) is 0 Å². The molecule has 1 amide bonds. The number of amides is 1. The molecule has 2 aromatic rings. The zero-order valence-electron chi connectivity index (χ0n) is 16.1. The number of carbonyl (C=O) groups excluding carboxylic acids is 1. The van der Waals surface area contributed by atoms with Crippen LogP contribution in [-0.2, 0) is 0 Å². The molecule has 0 saturated carbocycles. The van der Waals surface area contributed by atoms with E-state index in [9.17, 15) is 4.79 Å². The highest BCUT2D eigenvalue weighted by atomic mass is 16.5. The summed E-state index contributed by atoms with van der Waals surface area (Å²) < 4.78 is 5.67. The van der Waals surface area contributed by atoms with Crippen molar-refractivity contribution in [1.82, 2.24) is 14.8 Å². The number of carbonyl (C=O) groups is 1. The molecule has 1 aromatic carbocycles. The molecule has 0 aliphatic carbocycles. The molecule has 1 aromatic heterocycles. The minimum atomic E-state index is 0.0636. The number of nitrogens with two attached hydrogens (primary N) is 1. The largest absolute Gasteiger partial charge is 0.496 e. The average molecular weight is 378 g/mol. The molecular formula is C22H26N4O2. The first-order valence-corrected chi connectivity index (χ1v) is 10.1. The second kappa shape index (κ2) is 6.78. The quantitative estimate of drug-likeness (QED) is 0.888. The van der Waals surface area contributed by atoms with Gasteiger partial charge in [-0.15, -0.1) is 0 Å². The first-order valence-electron chi connectivity index (χ1n) is 10.1. The lowest BCUT2D eigenvalue weighted by Gasteiger charge is -2.51. The van der Waals surface area contributed by atoms with Gasteiger partial charge < -0.3 is 15.4 Å². The number of benzene rings is 1. The topological polar surface area (TPSA) is 71.7 Å². The molecule has 28 heavy (non-hydrogen) atoms. The van der Waals surface area contributed by atoms with Crippen LogP contribution in [0.5, 0.6) is 5.75 Å². The Balaban J connectivity index is 1.54. The Labute approximate surface area is 165 Å². The monoisotopic (exact) mass is 378 g/mol. The number of hydrogen-bond acceptors (Lipinski definition) is 5. The molecule has 2 N–H and O–H groups in total. The maximum atomic E-state index is 13.4. The molecule has 4 saturated heterocycles. The number of methoxy groups -OCH3 is 1. The van der Waals surface area contributed by atoms with E-state index in [0.29, 0.717) is 29.9 Å². The normalized spacial score (nSPS) is 30.9. The van der Waals surface area contributed by atoms with E-state index >= 15 is 0 Å². The van der Waals surface area contributed by atoms with Gasteiger partial charge in [-0.1, -0.05) is 18.2 Å². The van der Waals surface area contributed by atoms with Crippen LogP contribution in [0.1, 0.15) is 34.7 Å². The van der Waals surface area contributed by atoms with Crippen molar-refractivity contribution in [2.45, 2.75) is 30.8 Å². The summed E-state index contributed by atoms with van der Waals surface area (Å²) in [5, 5.41) is 0. The van der Waals surface area contributed by atoms with Gasteiger partial charge in [0.05, 0.1) is 18.7 Å². The van der Waals surface area contributed by atoms with Gasteiger partial charge in [0.25, 0.3) is 5.91 Å². The number of rotatable bonds is 3. The molecule has 5 heterocycles. The van der Waals surface area contributed by atoms with E-state index in [4.69, 9.17) is 10.5 Å². The smallest absolute Gasteiger partial charge is 0.255 e. The first kappa shape index (κ1) is 17.5. The lowest BCUT2D eigenvalue weighted by molar-refractivity contribution is -0.00351. The van der Waals surface area contributed by atoms with Crippen LogP contribution < -0.4 is 10.5 Å². The third-order valence-electron chi connectivity index (χ3n) is 6.83. The number of aromatic nitrogens is 1. The van der Waals surface area contributed by atoms with E-state index < -0.39 is 0 Å². The second-order valence-corrected chi connectivity index (χ2v) is 8.13. The molecule has 6 rings (SSSR count). The van der Waals surface area contributed by atoms with Crippen molar-refractivity contribution in [2.24, 2.45) is 5.92 Å². The van der Waals surface area contributed by atoms with E-state index in [2.05, 4.69) is 26.9 Å². The van der Waals surface area contributed by atoms with Gasteiger partial charge in [0.2, 0.25) is 0 Å². The van der Waals surface area contributed by atoms with E-state index in [1.54, 1.807) is 25.4 Å². The van der Waals surface area contributed by atoms with Crippen molar-refractivity contribution in [3.8, 4) is 5.75 Å². The number of para-hydroxylation sites is 1. The molecule has 0 radical (unpaired) electrons. The molecule has 0 unspecified atom stereocenters. The lowest BCUT2D eigenvalue weighted by atomic mass is 9.75. The van der Waals surface area contributed by atoms with Gasteiger partial charge in [-0.25, -0.2) is 4.98 Å². The summed E-state index contributed by atoms with van der Waals surface area (Å²) in [4.78, 5) is 22.2. The predicted molar refractivity (Wildman–Crippen MR) is 107 cm³/mol. The van der Waals surface area contributed by atoms with E-state index in [0.717, 1.165) is 18.8 Å². The van der Waals surface area contributed by atoms with Crippen LogP contribution in [0.4, 0.5) is 5.82 Å². The van der Waals surface area contributed by atoms with Gasteiger partial charge in [0, 0.05) is 30.3 Å². The molecule has 0 spiro atoms. The molecule has 6 heteroatoms. The Morgan fingerprint density at radius 2 is 1.93 bits per heavy atom. The number of hydrogen-bond donors (Lipinski definition) is 1. The standard InChI is InChI=1S/C22H26N4O2/c1-28-18-5-3-2-4-16(18)17-13-26(22(27)15-6-7-19(23)24-12-15)20-14-8-10-25(11-9-14)21(17)20/h2-7,12,14,17,20-21H,8-11,13H2,1H3,(H2,23,24)/t17-,20-,21-/m1/s1. The molecule has 3 atom stereocenters. The molecule has 4 aliphatic rings. The Morgan fingerprint density at radius 1 is 1.14 bits per heavy atom. The summed E-state index contributed by atoms with van der Waals surface area (Å²) in [5.74, 6) is 2.24. The van der Waals surface area contributed by atoms with E-state index in [1.807, 2.05) is 12.1 Å². The van der Waals surface area contributed by atoms with Crippen LogP contribution in [-0.4, -0.2) is 59.5 Å². The summed E-state index contributed by atoms with van der Waals surface area (Å²) in [6.45, 7) is 2.97. The second-order valence-electron chi connectivity index (χ2n) is 8.13. The van der Waals surface area contributed by atoms with Crippen molar-refractivity contribution in [1.29, 1.82) is 0 Å². The minimum Gasteiger partial charge on any atom is -0.496 e. The lowest BCUT2D eigenvalue weighted by Crippen LogP contribution is -2.60. The fraction of sp³-hybridized carbons (Fsp3) is 0.455. The van der Waals surface area contributed by atoms with Crippen molar-refractivity contribution in [2.75, 3.05) is 32.5 Å². The highest BCUT2D eigenvalue weighted by Crippen LogP contribution is 2.48. The Bertz CT molecular complexity index is 876. The Hall–Kier alpha value is -2.60. The van der Waals surface area contributed by atoms with Crippen molar-refractivity contribution < 1.29 is 9.53 Å². The van der Waals surface area contributed by atoms with Gasteiger partial charge in [0.15, 0.2) is 0 Å². The third-order valence-corrected chi connectivity index (χ3v) is 6.83. The highest BCUT2D eigenvalue weighted by molar-refractivity contribution is 5.94. The number of anilines is 1. The minimum absolute atomic E-state index is 0.0636. The maximum absolute atomic E-state index is 13.4.